The van der Waals surface area contributed by atoms with E-state index in [0.29, 0.717) is 22.7 Å². The molecule has 1 amide bonds. The van der Waals surface area contributed by atoms with Crippen molar-refractivity contribution in [1.82, 2.24) is 0 Å². The first-order valence-corrected chi connectivity index (χ1v) is 10.3. The smallest absolute Gasteiger partial charge is 0.300 e. The molecule has 0 radical (unpaired) electrons. The third-order valence-corrected chi connectivity index (χ3v) is 5.72. The fourth-order valence-electron chi connectivity index (χ4n) is 3.85. The van der Waals surface area contributed by atoms with Crippen LogP contribution in [0.4, 0.5) is 5.69 Å². The van der Waals surface area contributed by atoms with Gasteiger partial charge in [-0.3, -0.25) is 14.5 Å². The summed E-state index contributed by atoms with van der Waals surface area (Å²) in [6, 6.07) is 16.4. The standard InChI is InChI=1S/C25H20ClNO6/c1-32-19-12-9-15(13-17(19)26)23(29)21-22(14-7-10-16(28)11-8-14)27(25(31)24(21)30)18-5-3-4-6-20(18)33-2/h3-13,22,28-29H,1-2H3/b23-21-. The summed E-state index contributed by atoms with van der Waals surface area (Å²) in [4.78, 5) is 27.7. The van der Waals surface area contributed by atoms with Crippen LogP contribution in [0.2, 0.25) is 5.02 Å². The van der Waals surface area contributed by atoms with Gasteiger partial charge in [0.1, 0.15) is 23.0 Å². The fourth-order valence-corrected chi connectivity index (χ4v) is 4.11. The molecule has 3 aromatic carbocycles. The number of ether oxygens (including phenoxy) is 2. The maximum Gasteiger partial charge on any atom is 0.300 e. The number of aliphatic hydroxyl groups is 1. The van der Waals surface area contributed by atoms with Crippen molar-refractivity contribution in [1.29, 1.82) is 0 Å². The minimum atomic E-state index is -0.970. The predicted molar refractivity (Wildman–Crippen MR) is 124 cm³/mol. The van der Waals surface area contributed by atoms with Gasteiger partial charge < -0.3 is 19.7 Å². The Labute approximate surface area is 195 Å². The highest BCUT2D eigenvalue weighted by atomic mass is 35.5. The van der Waals surface area contributed by atoms with Crippen LogP contribution in [0.3, 0.4) is 0 Å². The number of aromatic hydroxyl groups is 1. The lowest BCUT2D eigenvalue weighted by Crippen LogP contribution is -2.29. The Balaban J connectivity index is 1.96. The highest BCUT2D eigenvalue weighted by Crippen LogP contribution is 2.45. The molecule has 168 valence electrons. The average molecular weight is 466 g/mol. The van der Waals surface area contributed by atoms with Crippen molar-refractivity contribution >= 4 is 34.7 Å². The Bertz CT molecular complexity index is 1270. The van der Waals surface area contributed by atoms with E-state index in [1.54, 1.807) is 48.5 Å². The molecule has 4 rings (SSSR count). The molecule has 0 spiro atoms. The van der Waals surface area contributed by atoms with Crippen LogP contribution in [-0.2, 0) is 9.59 Å². The molecule has 1 atom stereocenters. The van der Waals surface area contributed by atoms with Gasteiger partial charge in [0.15, 0.2) is 0 Å². The number of phenolic OH excluding ortho intramolecular Hbond substituents is 1. The number of Topliss-reactive ketones (excluding diaryl/α,β-unsaturated/α-hetero) is 1. The van der Waals surface area contributed by atoms with Crippen LogP contribution in [0.1, 0.15) is 17.2 Å². The number of rotatable bonds is 5. The normalized spacial score (nSPS) is 17.3. The number of ketones is 1. The Hall–Kier alpha value is -3.97. The zero-order valence-corrected chi connectivity index (χ0v) is 18.5. The maximum atomic E-state index is 13.2. The first kappa shape index (κ1) is 22.2. The van der Waals surface area contributed by atoms with E-state index in [0.717, 1.165) is 0 Å². The SMILES string of the molecule is COc1ccc(/C(O)=C2/C(=O)C(=O)N(c3ccccc3OC)C2c2ccc(O)cc2)cc1Cl. The number of para-hydroxylation sites is 2. The van der Waals surface area contributed by atoms with E-state index in [2.05, 4.69) is 0 Å². The van der Waals surface area contributed by atoms with E-state index >= 15 is 0 Å². The first-order valence-electron chi connectivity index (χ1n) is 9.94. The largest absolute Gasteiger partial charge is 0.508 e. The molecule has 0 saturated carbocycles. The molecule has 8 heteroatoms. The number of benzene rings is 3. The number of amides is 1. The number of hydrogen-bond donors (Lipinski definition) is 2. The Kier molecular flexibility index (Phi) is 5.98. The van der Waals surface area contributed by atoms with Crippen molar-refractivity contribution in [3.8, 4) is 17.2 Å². The van der Waals surface area contributed by atoms with Gasteiger partial charge in [-0.1, -0.05) is 35.9 Å². The Morgan fingerprint density at radius 3 is 2.24 bits per heavy atom. The summed E-state index contributed by atoms with van der Waals surface area (Å²) >= 11 is 6.21. The third kappa shape index (κ3) is 3.87. The van der Waals surface area contributed by atoms with Gasteiger partial charge in [-0.15, -0.1) is 0 Å². The lowest BCUT2D eigenvalue weighted by Gasteiger charge is -2.26. The van der Waals surface area contributed by atoms with Crippen molar-refractivity contribution in [2.45, 2.75) is 6.04 Å². The quantitative estimate of drug-likeness (QED) is 0.322. The number of carbonyl (C=O) groups excluding carboxylic acids is 2. The second kappa shape index (κ2) is 8.88. The molecule has 33 heavy (non-hydrogen) atoms. The molecule has 0 aromatic heterocycles. The molecule has 1 fully saturated rings. The molecule has 1 saturated heterocycles. The number of anilines is 1. The molecule has 3 aromatic rings. The summed E-state index contributed by atoms with van der Waals surface area (Å²) in [6.07, 6.45) is 0. The van der Waals surface area contributed by atoms with Crippen LogP contribution >= 0.6 is 11.6 Å². The van der Waals surface area contributed by atoms with Crippen molar-refractivity contribution in [2.75, 3.05) is 19.1 Å². The van der Waals surface area contributed by atoms with Gasteiger partial charge in [0.25, 0.3) is 11.7 Å². The van der Waals surface area contributed by atoms with E-state index in [1.807, 2.05) is 0 Å². The van der Waals surface area contributed by atoms with Gasteiger partial charge in [0, 0.05) is 5.56 Å². The molecule has 2 N–H and O–H groups in total. The molecule has 1 heterocycles. The molecular formula is C25H20ClNO6. The molecular weight excluding hydrogens is 446 g/mol. The maximum absolute atomic E-state index is 13.2. The topological polar surface area (TPSA) is 96.3 Å². The number of phenols is 1. The summed E-state index contributed by atoms with van der Waals surface area (Å²) in [5.74, 6) is -1.25. The summed E-state index contributed by atoms with van der Waals surface area (Å²) in [5.41, 5.74) is 1.02. The average Bonchev–Trinajstić information content (AvgIpc) is 3.09. The van der Waals surface area contributed by atoms with E-state index in [9.17, 15) is 19.8 Å². The van der Waals surface area contributed by atoms with Gasteiger partial charge in [-0.2, -0.15) is 0 Å². The van der Waals surface area contributed by atoms with Gasteiger partial charge in [0.05, 0.1) is 36.5 Å². The zero-order chi connectivity index (χ0) is 23.7. The second-order valence-electron chi connectivity index (χ2n) is 7.28. The van der Waals surface area contributed by atoms with Crippen molar-refractivity contribution in [3.05, 3.63) is 88.5 Å². The van der Waals surface area contributed by atoms with Gasteiger partial charge in [-0.25, -0.2) is 0 Å². The predicted octanol–water partition coefficient (Wildman–Crippen LogP) is 4.69. The number of carbonyl (C=O) groups is 2. The minimum absolute atomic E-state index is 0.0231. The Morgan fingerprint density at radius 1 is 0.939 bits per heavy atom. The number of hydrogen-bond acceptors (Lipinski definition) is 6. The molecule has 1 aliphatic rings. The van der Waals surface area contributed by atoms with Gasteiger partial charge in [0.2, 0.25) is 0 Å². The zero-order valence-electron chi connectivity index (χ0n) is 17.8. The molecule has 1 unspecified atom stereocenters. The molecule has 7 nitrogen and oxygen atoms in total. The highest BCUT2D eigenvalue weighted by molar-refractivity contribution is 6.52. The number of aliphatic hydroxyl groups excluding tert-OH is 1. The van der Waals surface area contributed by atoms with E-state index in [-0.39, 0.29) is 27.7 Å². The molecule has 1 aliphatic heterocycles. The van der Waals surface area contributed by atoms with Crippen LogP contribution in [0, 0.1) is 0 Å². The lowest BCUT2D eigenvalue weighted by molar-refractivity contribution is -0.132. The summed E-state index contributed by atoms with van der Waals surface area (Å²) in [6.45, 7) is 0. The minimum Gasteiger partial charge on any atom is -0.508 e. The van der Waals surface area contributed by atoms with Crippen LogP contribution < -0.4 is 14.4 Å². The molecule has 0 aliphatic carbocycles. The van der Waals surface area contributed by atoms with Crippen LogP contribution in [-0.4, -0.2) is 36.1 Å². The summed E-state index contributed by atoms with van der Waals surface area (Å²) in [5, 5.41) is 21.2. The van der Waals surface area contributed by atoms with Crippen LogP contribution in [0.15, 0.2) is 72.3 Å². The number of nitrogens with zero attached hydrogens (tertiary/aromatic N) is 1. The summed E-state index contributed by atoms with van der Waals surface area (Å²) in [7, 11) is 2.93. The van der Waals surface area contributed by atoms with E-state index < -0.39 is 17.7 Å². The van der Waals surface area contributed by atoms with Crippen molar-refractivity contribution in [2.24, 2.45) is 0 Å². The second-order valence-corrected chi connectivity index (χ2v) is 7.69. The lowest BCUT2D eigenvalue weighted by atomic mass is 9.95. The third-order valence-electron chi connectivity index (χ3n) is 5.42. The Morgan fingerprint density at radius 2 is 1.61 bits per heavy atom. The van der Waals surface area contributed by atoms with Gasteiger partial charge >= 0.3 is 0 Å². The number of halogens is 1. The van der Waals surface area contributed by atoms with Crippen molar-refractivity contribution < 1.29 is 29.3 Å². The van der Waals surface area contributed by atoms with E-state index in [1.165, 1.54) is 37.3 Å². The first-order chi connectivity index (χ1) is 15.9. The number of methoxy groups -OCH3 is 2. The van der Waals surface area contributed by atoms with Crippen molar-refractivity contribution in [3.63, 3.8) is 0 Å². The highest BCUT2D eigenvalue weighted by Gasteiger charge is 2.47. The van der Waals surface area contributed by atoms with Crippen LogP contribution in [0.5, 0.6) is 17.2 Å². The molecule has 0 bridgehead atoms. The fraction of sp³-hybridized carbons (Fsp3) is 0.120. The van der Waals surface area contributed by atoms with Crippen LogP contribution in [0.25, 0.3) is 5.76 Å². The van der Waals surface area contributed by atoms with Gasteiger partial charge in [-0.05, 0) is 48.0 Å². The van der Waals surface area contributed by atoms with E-state index in [4.69, 9.17) is 21.1 Å². The monoisotopic (exact) mass is 465 g/mol. The summed E-state index contributed by atoms with van der Waals surface area (Å²) < 4.78 is 10.6.